The van der Waals surface area contributed by atoms with Crippen molar-refractivity contribution >= 4 is 40.7 Å². The van der Waals surface area contributed by atoms with E-state index in [1.54, 1.807) is 31.2 Å². The predicted molar refractivity (Wildman–Crippen MR) is 136 cm³/mol. The molecule has 0 saturated carbocycles. The molecule has 0 atom stereocenters. The van der Waals surface area contributed by atoms with Crippen molar-refractivity contribution in [2.75, 3.05) is 5.75 Å². The predicted octanol–water partition coefficient (Wildman–Crippen LogP) is 5.13. The van der Waals surface area contributed by atoms with Gasteiger partial charge in [0.2, 0.25) is 0 Å². The third-order valence-electron chi connectivity index (χ3n) is 4.93. The maximum Gasteiger partial charge on any atom is 0.269 e. The molecular formula is C24H19ClN6O3S. The molecule has 0 aliphatic carbocycles. The molecule has 176 valence electrons. The number of nitrogens with one attached hydrogen (secondary N) is 1. The molecule has 4 aromatic rings. The van der Waals surface area contributed by atoms with E-state index in [4.69, 9.17) is 11.6 Å². The minimum atomic E-state index is -0.471. The van der Waals surface area contributed by atoms with Gasteiger partial charge >= 0.3 is 0 Å². The van der Waals surface area contributed by atoms with Gasteiger partial charge < -0.3 is 0 Å². The van der Waals surface area contributed by atoms with Crippen LogP contribution in [0.3, 0.4) is 0 Å². The van der Waals surface area contributed by atoms with Crippen LogP contribution in [0.2, 0.25) is 5.02 Å². The van der Waals surface area contributed by atoms with Crippen molar-refractivity contribution in [1.29, 1.82) is 0 Å². The monoisotopic (exact) mass is 506 g/mol. The maximum absolute atomic E-state index is 12.5. The van der Waals surface area contributed by atoms with Crippen LogP contribution in [0.25, 0.3) is 17.1 Å². The van der Waals surface area contributed by atoms with Crippen LogP contribution >= 0.6 is 23.4 Å². The van der Waals surface area contributed by atoms with Crippen LogP contribution in [-0.4, -0.2) is 37.1 Å². The molecule has 0 fully saturated rings. The lowest BCUT2D eigenvalue weighted by atomic mass is 10.1. The molecule has 3 aromatic carbocycles. The van der Waals surface area contributed by atoms with Gasteiger partial charge in [0.15, 0.2) is 11.0 Å². The van der Waals surface area contributed by atoms with Gasteiger partial charge in [-0.2, -0.15) is 5.10 Å². The van der Waals surface area contributed by atoms with Gasteiger partial charge in [-0.25, -0.2) is 5.43 Å². The summed E-state index contributed by atoms with van der Waals surface area (Å²) >= 11 is 7.28. The minimum Gasteiger partial charge on any atom is -0.272 e. The van der Waals surface area contributed by atoms with E-state index in [9.17, 15) is 14.9 Å². The number of non-ortho nitro benzene ring substituents is 1. The van der Waals surface area contributed by atoms with Crippen molar-refractivity contribution < 1.29 is 9.72 Å². The second-order valence-corrected chi connectivity index (χ2v) is 8.69. The number of carbonyl (C=O) groups is 1. The maximum atomic E-state index is 12.5. The summed E-state index contributed by atoms with van der Waals surface area (Å²) in [6, 6.07) is 22.9. The number of aromatic nitrogens is 3. The van der Waals surface area contributed by atoms with Gasteiger partial charge in [-0.15, -0.1) is 10.2 Å². The van der Waals surface area contributed by atoms with Crippen molar-refractivity contribution in [1.82, 2.24) is 20.2 Å². The number of nitro benzene ring substituents is 1. The first-order chi connectivity index (χ1) is 16.9. The zero-order valence-corrected chi connectivity index (χ0v) is 20.0. The van der Waals surface area contributed by atoms with Crippen LogP contribution < -0.4 is 5.43 Å². The number of halogens is 1. The molecule has 11 heteroatoms. The zero-order valence-electron chi connectivity index (χ0n) is 18.5. The van der Waals surface area contributed by atoms with Crippen LogP contribution in [0.1, 0.15) is 12.5 Å². The topological polar surface area (TPSA) is 115 Å². The lowest BCUT2D eigenvalue weighted by Crippen LogP contribution is -2.21. The summed E-state index contributed by atoms with van der Waals surface area (Å²) in [5.74, 6) is 0.364. The standard InChI is InChI=1S/C24H19ClN6O3S/c1-16(17-7-11-21(12-8-17)31(33)34)26-27-22(32)15-35-24-29-28-23(18-5-3-2-4-6-18)30(24)20-13-9-19(25)10-14-20/h2-14H,15H2,1H3,(H,27,32). The van der Waals surface area contributed by atoms with E-state index in [0.717, 1.165) is 11.3 Å². The Morgan fingerprint density at radius 1 is 1.06 bits per heavy atom. The minimum absolute atomic E-state index is 0.0124. The fraction of sp³-hybridized carbons (Fsp3) is 0.0833. The van der Waals surface area contributed by atoms with Crippen LogP contribution in [0, 0.1) is 10.1 Å². The van der Waals surface area contributed by atoms with Crippen LogP contribution in [0.15, 0.2) is 89.1 Å². The lowest BCUT2D eigenvalue weighted by Gasteiger charge is -2.10. The average molecular weight is 507 g/mol. The molecule has 1 heterocycles. The van der Waals surface area contributed by atoms with Gasteiger partial charge in [-0.3, -0.25) is 19.5 Å². The fourth-order valence-electron chi connectivity index (χ4n) is 3.16. The number of carbonyl (C=O) groups excluding carboxylic acids is 1. The molecule has 1 aromatic heterocycles. The number of nitro groups is 1. The molecule has 0 saturated heterocycles. The number of benzene rings is 3. The summed E-state index contributed by atoms with van der Waals surface area (Å²) < 4.78 is 1.87. The van der Waals surface area contributed by atoms with Crippen molar-refractivity contribution in [3.05, 3.63) is 99.6 Å². The third-order valence-corrected chi connectivity index (χ3v) is 6.11. The first-order valence-electron chi connectivity index (χ1n) is 10.4. The van der Waals surface area contributed by atoms with Crippen LogP contribution in [-0.2, 0) is 4.79 Å². The summed E-state index contributed by atoms with van der Waals surface area (Å²) in [5, 5.41) is 24.7. The molecule has 0 spiro atoms. The van der Waals surface area contributed by atoms with E-state index in [-0.39, 0.29) is 17.3 Å². The molecule has 0 aliphatic rings. The SMILES string of the molecule is CC(=NNC(=O)CSc1nnc(-c2ccccc2)n1-c1ccc(Cl)cc1)c1ccc([N+](=O)[O-])cc1. The first-order valence-corrected chi connectivity index (χ1v) is 11.8. The Bertz CT molecular complexity index is 1370. The van der Waals surface area contributed by atoms with E-state index in [0.29, 0.717) is 27.3 Å². The van der Waals surface area contributed by atoms with E-state index in [2.05, 4.69) is 20.7 Å². The largest absolute Gasteiger partial charge is 0.272 e. The van der Waals surface area contributed by atoms with Gasteiger partial charge in [0.1, 0.15) is 0 Å². The number of rotatable bonds is 8. The lowest BCUT2D eigenvalue weighted by molar-refractivity contribution is -0.384. The number of hydrazone groups is 1. The second-order valence-electron chi connectivity index (χ2n) is 7.31. The molecule has 35 heavy (non-hydrogen) atoms. The molecule has 9 nitrogen and oxygen atoms in total. The first kappa shape index (κ1) is 24.1. The van der Waals surface area contributed by atoms with Crippen molar-refractivity contribution in [3.63, 3.8) is 0 Å². The zero-order chi connectivity index (χ0) is 24.8. The molecule has 4 rings (SSSR count). The quantitative estimate of drug-likeness (QED) is 0.153. The third kappa shape index (κ3) is 5.92. The Morgan fingerprint density at radius 2 is 1.74 bits per heavy atom. The van der Waals surface area contributed by atoms with E-state index in [1.807, 2.05) is 47.0 Å². The van der Waals surface area contributed by atoms with Gasteiger partial charge in [0.25, 0.3) is 11.6 Å². The number of nitrogens with zero attached hydrogens (tertiary/aromatic N) is 5. The summed E-state index contributed by atoms with van der Waals surface area (Å²) in [6.45, 7) is 1.71. The average Bonchev–Trinajstić information content (AvgIpc) is 3.31. The van der Waals surface area contributed by atoms with E-state index in [1.165, 1.54) is 23.9 Å². The number of hydrogen-bond donors (Lipinski definition) is 1. The van der Waals surface area contributed by atoms with Crippen molar-refractivity contribution in [2.24, 2.45) is 5.10 Å². The Balaban J connectivity index is 1.48. The Hall–Kier alpha value is -4.02. The summed E-state index contributed by atoms with van der Waals surface area (Å²) in [6.07, 6.45) is 0. The van der Waals surface area contributed by atoms with Crippen molar-refractivity contribution in [3.8, 4) is 17.1 Å². The summed E-state index contributed by atoms with van der Waals surface area (Å²) in [7, 11) is 0. The highest BCUT2D eigenvalue weighted by Crippen LogP contribution is 2.28. The summed E-state index contributed by atoms with van der Waals surface area (Å²) in [4.78, 5) is 22.8. The molecule has 1 N–H and O–H groups in total. The van der Waals surface area contributed by atoms with E-state index < -0.39 is 4.92 Å². The summed E-state index contributed by atoms with van der Waals surface area (Å²) in [5.41, 5.74) is 5.39. The number of hydrogen-bond acceptors (Lipinski definition) is 7. The highest BCUT2D eigenvalue weighted by Gasteiger charge is 2.17. The van der Waals surface area contributed by atoms with E-state index >= 15 is 0 Å². The molecular weight excluding hydrogens is 488 g/mol. The molecule has 1 amide bonds. The Morgan fingerprint density at radius 3 is 2.40 bits per heavy atom. The van der Waals surface area contributed by atoms with Crippen LogP contribution in [0.5, 0.6) is 0 Å². The normalized spacial score (nSPS) is 11.3. The van der Waals surface area contributed by atoms with Gasteiger partial charge in [0.05, 0.1) is 16.4 Å². The second kappa shape index (κ2) is 10.9. The van der Waals surface area contributed by atoms with Gasteiger partial charge in [-0.1, -0.05) is 53.7 Å². The highest BCUT2D eigenvalue weighted by molar-refractivity contribution is 7.99. The van der Waals surface area contributed by atoms with Gasteiger partial charge in [0, 0.05) is 28.4 Å². The molecule has 0 aliphatic heterocycles. The molecule has 0 unspecified atom stereocenters. The molecule has 0 radical (unpaired) electrons. The van der Waals surface area contributed by atoms with Gasteiger partial charge in [-0.05, 0) is 48.9 Å². The smallest absolute Gasteiger partial charge is 0.269 e. The fourth-order valence-corrected chi connectivity index (χ4v) is 4.03. The van der Waals surface area contributed by atoms with Crippen molar-refractivity contribution in [2.45, 2.75) is 12.1 Å². The van der Waals surface area contributed by atoms with Crippen LogP contribution in [0.4, 0.5) is 5.69 Å². The number of thioether (sulfide) groups is 1. The highest BCUT2D eigenvalue weighted by atomic mass is 35.5. The Kier molecular flexibility index (Phi) is 7.54. The Labute approximate surface area is 210 Å². The molecule has 0 bridgehead atoms. The number of amides is 1.